The molecule has 46 heavy (non-hydrogen) atoms. The van der Waals surface area contributed by atoms with E-state index in [-0.39, 0.29) is 11.8 Å². The number of nitrogens with one attached hydrogen (secondary N) is 4. The van der Waals surface area contributed by atoms with E-state index in [1.165, 1.54) is 0 Å². The molecule has 0 saturated carbocycles. The van der Waals surface area contributed by atoms with Crippen LogP contribution in [0.15, 0.2) is 72.9 Å². The van der Waals surface area contributed by atoms with Gasteiger partial charge in [-0.15, -0.1) is 0 Å². The molecular formula is C33H29N11O2. The van der Waals surface area contributed by atoms with Gasteiger partial charge in [0.15, 0.2) is 12.4 Å². The molecule has 0 bridgehead atoms. The minimum atomic E-state index is -0.148. The summed E-state index contributed by atoms with van der Waals surface area (Å²) in [6.07, 6.45) is 6.00. The van der Waals surface area contributed by atoms with Crippen LogP contribution in [0.4, 0.5) is 0 Å². The maximum Gasteiger partial charge on any atom is 0.251 e. The molecule has 5 aromatic rings. The monoisotopic (exact) mass is 611 g/mol. The Kier molecular flexibility index (Phi) is 8.38. The van der Waals surface area contributed by atoms with Crippen LogP contribution in [0.25, 0.3) is 22.5 Å². The predicted octanol–water partition coefficient (Wildman–Crippen LogP) is 3.43. The fourth-order valence-corrected chi connectivity index (χ4v) is 5.38. The number of carbonyl (C=O) groups excluding carboxylic acids is 2. The van der Waals surface area contributed by atoms with Crippen molar-refractivity contribution in [2.24, 2.45) is 0 Å². The van der Waals surface area contributed by atoms with Crippen LogP contribution in [0.2, 0.25) is 0 Å². The Hall–Kier alpha value is -6.47. The van der Waals surface area contributed by atoms with Crippen LogP contribution in [0.1, 0.15) is 48.9 Å². The summed E-state index contributed by atoms with van der Waals surface area (Å²) in [5.74, 6) is -0.260. The lowest BCUT2D eigenvalue weighted by Gasteiger charge is -2.07. The van der Waals surface area contributed by atoms with Gasteiger partial charge in [0, 0.05) is 46.6 Å². The van der Waals surface area contributed by atoms with Gasteiger partial charge in [-0.05, 0) is 36.4 Å². The molecule has 3 aromatic heterocycles. The maximum atomic E-state index is 12.3. The third-order valence-electron chi connectivity index (χ3n) is 7.81. The lowest BCUT2D eigenvalue weighted by Crippen LogP contribution is -2.23. The molecule has 2 aliphatic heterocycles. The van der Waals surface area contributed by atoms with Crippen molar-refractivity contribution < 1.29 is 9.59 Å². The molecule has 13 nitrogen and oxygen atoms in total. The molecule has 5 heterocycles. The quantitative estimate of drug-likeness (QED) is 0.209. The van der Waals surface area contributed by atoms with Gasteiger partial charge in [-0.2, -0.15) is 20.7 Å². The van der Waals surface area contributed by atoms with Gasteiger partial charge in [-0.1, -0.05) is 30.3 Å². The molecule has 2 aliphatic rings. The topological polar surface area (TPSA) is 183 Å². The minimum Gasteiger partial charge on any atom is -0.355 e. The van der Waals surface area contributed by atoms with E-state index >= 15 is 0 Å². The summed E-state index contributed by atoms with van der Waals surface area (Å²) in [7, 11) is 1.60. The van der Waals surface area contributed by atoms with Crippen molar-refractivity contribution in [3.63, 3.8) is 0 Å². The van der Waals surface area contributed by atoms with Gasteiger partial charge in [0.25, 0.3) is 11.8 Å². The highest BCUT2D eigenvalue weighted by Crippen LogP contribution is 2.31. The lowest BCUT2D eigenvalue weighted by atomic mass is 10.0. The highest BCUT2D eigenvalue weighted by atomic mass is 16.2. The number of H-pyrrole nitrogens is 2. The zero-order chi connectivity index (χ0) is 32.0. The summed E-state index contributed by atoms with van der Waals surface area (Å²) in [4.78, 5) is 31.3. The average Bonchev–Trinajstić information content (AvgIpc) is 3.89. The van der Waals surface area contributed by atoms with Crippen molar-refractivity contribution >= 4 is 11.8 Å². The van der Waals surface area contributed by atoms with Crippen molar-refractivity contribution in [1.82, 2.24) is 45.8 Å². The predicted molar refractivity (Wildman–Crippen MR) is 167 cm³/mol. The van der Waals surface area contributed by atoms with Crippen molar-refractivity contribution in [3.05, 3.63) is 112 Å². The molecule has 2 amide bonds. The lowest BCUT2D eigenvalue weighted by molar-refractivity contribution is 0.0946. The zero-order valence-corrected chi connectivity index (χ0v) is 24.9. The van der Waals surface area contributed by atoms with E-state index in [1.54, 1.807) is 47.3 Å². The number of hydrogen-bond acceptors (Lipinski definition) is 9. The zero-order valence-electron chi connectivity index (χ0n) is 24.9. The Morgan fingerprint density at radius 3 is 1.74 bits per heavy atom. The number of rotatable bonds is 6. The summed E-state index contributed by atoms with van der Waals surface area (Å²) < 4.78 is 0. The Labute approximate surface area is 264 Å². The molecule has 7 rings (SSSR count). The smallest absolute Gasteiger partial charge is 0.251 e. The van der Waals surface area contributed by atoms with Gasteiger partial charge in [0.05, 0.1) is 61.2 Å². The van der Waals surface area contributed by atoms with Crippen LogP contribution in [-0.2, 0) is 32.7 Å². The van der Waals surface area contributed by atoms with E-state index in [0.29, 0.717) is 43.9 Å². The number of aromatic nitrogens is 5. The second kappa shape index (κ2) is 13.0. The third-order valence-corrected chi connectivity index (χ3v) is 7.81. The first-order valence-electron chi connectivity index (χ1n) is 14.5. The van der Waals surface area contributed by atoms with Gasteiger partial charge >= 0.3 is 0 Å². The highest BCUT2D eigenvalue weighted by Gasteiger charge is 2.26. The van der Waals surface area contributed by atoms with Crippen molar-refractivity contribution in [3.8, 4) is 34.9 Å². The van der Waals surface area contributed by atoms with Gasteiger partial charge in [-0.3, -0.25) is 24.8 Å². The molecule has 4 N–H and O–H groups in total. The second-order valence-electron chi connectivity index (χ2n) is 10.7. The first kappa shape index (κ1) is 29.6. The number of fused-ring (bicyclic) bond motifs is 2. The Bertz CT molecular complexity index is 1950. The van der Waals surface area contributed by atoms with Crippen molar-refractivity contribution in [2.75, 3.05) is 7.05 Å². The fraction of sp³-hybridized carbons (Fsp3) is 0.182. The van der Waals surface area contributed by atoms with E-state index in [4.69, 9.17) is 10.5 Å². The highest BCUT2D eigenvalue weighted by molar-refractivity contribution is 5.95. The van der Waals surface area contributed by atoms with Crippen LogP contribution in [0.3, 0.4) is 0 Å². The number of pyridine rings is 1. The number of aromatic amines is 2. The largest absolute Gasteiger partial charge is 0.355 e. The molecule has 0 atom stereocenters. The number of nitriles is 2. The van der Waals surface area contributed by atoms with Gasteiger partial charge in [0.1, 0.15) is 0 Å². The SMILES string of the molecule is CNC(=O)c1ccc(-c2n[nH]c3c2CN(C#N)C3)cc1.N#CN1Cc2[nH]nc(-c3ccc(C(=O)NCc4ccccn4)cc3)c2C1. The standard InChI is InChI=1S/C19H16N6O.C14H13N5O/c20-12-25-10-16-17(11-25)23-24-18(16)13-4-6-14(7-5-13)19(26)22-9-15-3-1-2-8-21-15;1-16-14(20)10-4-2-9(3-5-10)13-11-6-19(8-15)7-12(11)17-18-13/h1-8H,9-11H2,(H,22,26)(H,23,24);2-5H,6-7H2,1H3,(H,16,20)(H,17,18). The molecule has 0 saturated heterocycles. The van der Waals surface area contributed by atoms with Crippen LogP contribution in [0.5, 0.6) is 0 Å². The molecule has 0 fully saturated rings. The van der Waals surface area contributed by atoms with Gasteiger partial charge < -0.3 is 20.4 Å². The molecule has 2 aromatic carbocycles. The van der Waals surface area contributed by atoms with E-state index in [1.807, 2.05) is 42.5 Å². The third kappa shape index (κ3) is 6.11. The molecule has 0 unspecified atom stereocenters. The summed E-state index contributed by atoms with van der Waals surface area (Å²) in [6, 6.07) is 20.2. The molecule has 0 spiro atoms. The number of amides is 2. The summed E-state index contributed by atoms with van der Waals surface area (Å²) in [6.45, 7) is 2.67. The molecule has 228 valence electrons. The molecule has 0 radical (unpaired) electrons. The van der Waals surface area contributed by atoms with Crippen LogP contribution >= 0.6 is 0 Å². The first-order chi connectivity index (χ1) is 22.5. The summed E-state index contributed by atoms with van der Waals surface area (Å²) in [5, 5.41) is 38.1. The normalized spacial score (nSPS) is 12.7. The van der Waals surface area contributed by atoms with Gasteiger partial charge in [0.2, 0.25) is 0 Å². The van der Waals surface area contributed by atoms with Gasteiger partial charge in [-0.25, -0.2) is 0 Å². The van der Waals surface area contributed by atoms with Crippen LogP contribution in [-0.4, -0.2) is 54.0 Å². The van der Waals surface area contributed by atoms with E-state index in [2.05, 4.69) is 48.4 Å². The van der Waals surface area contributed by atoms with E-state index in [0.717, 1.165) is 50.7 Å². The maximum absolute atomic E-state index is 12.3. The number of benzene rings is 2. The van der Waals surface area contributed by atoms with Crippen LogP contribution in [0, 0.1) is 22.9 Å². The summed E-state index contributed by atoms with van der Waals surface area (Å²) >= 11 is 0. The Balaban J connectivity index is 0.000000167. The average molecular weight is 612 g/mol. The van der Waals surface area contributed by atoms with Crippen molar-refractivity contribution in [1.29, 1.82) is 10.5 Å². The summed E-state index contributed by atoms with van der Waals surface area (Å²) in [5.41, 5.74) is 9.59. The Morgan fingerprint density at radius 2 is 1.28 bits per heavy atom. The fourth-order valence-electron chi connectivity index (χ4n) is 5.38. The molecular weight excluding hydrogens is 582 g/mol. The van der Waals surface area contributed by atoms with Crippen LogP contribution < -0.4 is 10.6 Å². The van der Waals surface area contributed by atoms with E-state index in [9.17, 15) is 9.59 Å². The molecule has 0 aliphatic carbocycles. The second-order valence-corrected chi connectivity index (χ2v) is 10.7. The first-order valence-corrected chi connectivity index (χ1v) is 14.5. The minimum absolute atomic E-state index is 0.112. The van der Waals surface area contributed by atoms with Crippen molar-refractivity contribution in [2.45, 2.75) is 32.7 Å². The number of nitrogens with zero attached hydrogens (tertiary/aromatic N) is 7. The number of hydrogen-bond donors (Lipinski definition) is 4. The van der Waals surface area contributed by atoms with E-state index < -0.39 is 0 Å². The number of carbonyl (C=O) groups is 2. The Morgan fingerprint density at radius 1 is 0.761 bits per heavy atom. The molecule has 13 heteroatoms.